The van der Waals surface area contributed by atoms with Crippen LogP contribution in [0.3, 0.4) is 0 Å². The first kappa shape index (κ1) is 53.0. The minimum atomic E-state index is 0.456. The highest BCUT2D eigenvalue weighted by molar-refractivity contribution is 6.14. The summed E-state index contributed by atoms with van der Waals surface area (Å²) in [6.45, 7) is 0. The maximum absolute atomic E-state index is 10.6. The van der Waals surface area contributed by atoms with Gasteiger partial charge in [0.05, 0.1) is 56.7 Å². The molecule has 0 aliphatic rings. The van der Waals surface area contributed by atoms with Gasteiger partial charge in [-0.2, -0.15) is 10.5 Å². The molecule has 3 heterocycles. The molecule has 16 aromatic rings. The average Bonchev–Trinajstić information content (AvgIpc) is 1.58. The summed E-state index contributed by atoms with van der Waals surface area (Å²) in [6, 6.07) is 112. The van der Waals surface area contributed by atoms with Crippen LogP contribution in [0.2, 0.25) is 0 Å². The molecule has 0 amide bonds. The van der Waals surface area contributed by atoms with Crippen molar-refractivity contribution in [2.75, 3.05) is 0 Å². The summed E-state index contributed by atoms with van der Waals surface area (Å²) in [7, 11) is 0. The van der Waals surface area contributed by atoms with Crippen molar-refractivity contribution < 1.29 is 0 Å². The Morgan fingerprint density at radius 2 is 0.500 bits per heavy atom. The second-order valence-corrected chi connectivity index (χ2v) is 22.5. The number of nitrogens with zero attached hydrogens (tertiary/aromatic N) is 7. The number of aromatic nitrogens is 5. The van der Waals surface area contributed by atoms with E-state index in [-0.39, 0.29) is 0 Å². The molecule has 0 N–H and O–H groups in total. The van der Waals surface area contributed by atoms with Crippen LogP contribution < -0.4 is 0 Å². The molecule has 0 radical (unpaired) electrons. The molecule has 13 aromatic carbocycles. The molecule has 7 nitrogen and oxygen atoms in total. The molecule has 7 heteroatoms. The molecular formula is C83H51N7. The molecular weight excluding hydrogens is 1090 g/mol. The predicted octanol–water partition coefficient (Wildman–Crippen LogP) is 20.8. The lowest BCUT2D eigenvalue weighted by molar-refractivity contribution is 1.06. The lowest BCUT2D eigenvalue weighted by atomic mass is 9.97. The van der Waals surface area contributed by atoms with Crippen LogP contribution in [0.5, 0.6) is 0 Å². The molecule has 0 fully saturated rings. The quantitative estimate of drug-likeness (QED) is 0.129. The van der Waals surface area contributed by atoms with Gasteiger partial charge >= 0.3 is 0 Å². The molecule has 90 heavy (non-hydrogen) atoms. The summed E-state index contributed by atoms with van der Waals surface area (Å²) in [4.78, 5) is 16.7. The van der Waals surface area contributed by atoms with Crippen molar-refractivity contribution in [3.8, 4) is 124 Å². The minimum absolute atomic E-state index is 0.456. The summed E-state index contributed by atoms with van der Waals surface area (Å²) in [6.07, 6.45) is 0. The van der Waals surface area contributed by atoms with Gasteiger partial charge in [-0.15, -0.1) is 0 Å². The van der Waals surface area contributed by atoms with Gasteiger partial charge in [-0.1, -0.05) is 224 Å². The Morgan fingerprint density at radius 1 is 0.222 bits per heavy atom. The van der Waals surface area contributed by atoms with Crippen LogP contribution in [0.4, 0.5) is 0 Å². The van der Waals surface area contributed by atoms with Crippen molar-refractivity contribution in [3.63, 3.8) is 0 Å². The van der Waals surface area contributed by atoms with Gasteiger partial charge in [0, 0.05) is 38.2 Å². The van der Waals surface area contributed by atoms with E-state index in [1.54, 1.807) is 0 Å². The van der Waals surface area contributed by atoms with E-state index >= 15 is 0 Å². The topological polar surface area (TPSA) is 96.1 Å². The van der Waals surface area contributed by atoms with Crippen LogP contribution in [0.1, 0.15) is 11.1 Å². The highest BCUT2D eigenvalue weighted by Crippen LogP contribution is 2.44. The largest absolute Gasteiger partial charge is 0.308 e. The highest BCUT2D eigenvalue weighted by Gasteiger charge is 2.25. The standard InChI is InChI=1S/C83H51N7/c84-52-65-30-16-18-32-67(65)63-34-40-69(79(50-63)89-75-42-36-59(54-20-6-1-7-21-54)46-71(75)72-47-60(37-43-76(72)89)55-22-8-2-9-23-55)82-86-81(58-28-14-5-15-29-58)87-83(88-82)70-41-35-64(68-33-19-17-31-66(68)53-85)51-80(70)90-77-44-38-61(56-24-10-3-11-25-56)48-73(77)74-49-62(39-45-78(74)90)57-26-12-4-13-27-57/h1-51H. The number of fused-ring (bicyclic) bond motifs is 6. The number of hydrogen-bond donors (Lipinski definition) is 0. The monoisotopic (exact) mass is 1150 g/mol. The van der Waals surface area contributed by atoms with E-state index in [0.717, 1.165) is 138 Å². The number of nitriles is 2. The van der Waals surface area contributed by atoms with Crippen molar-refractivity contribution >= 4 is 43.6 Å². The van der Waals surface area contributed by atoms with Gasteiger partial charge in [-0.3, -0.25) is 0 Å². The minimum Gasteiger partial charge on any atom is -0.308 e. The van der Waals surface area contributed by atoms with E-state index in [1.807, 2.05) is 103 Å². The van der Waals surface area contributed by atoms with E-state index < -0.39 is 0 Å². The van der Waals surface area contributed by atoms with E-state index in [0.29, 0.717) is 28.6 Å². The van der Waals surface area contributed by atoms with E-state index in [4.69, 9.17) is 15.0 Å². The smallest absolute Gasteiger partial charge is 0.166 e. The Morgan fingerprint density at radius 3 is 0.822 bits per heavy atom. The molecule has 0 atom stereocenters. The molecule has 0 aliphatic heterocycles. The fraction of sp³-hybridized carbons (Fsp3) is 0. The lowest BCUT2D eigenvalue weighted by Crippen LogP contribution is -2.06. The number of hydrogen-bond acceptors (Lipinski definition) is 5. The third kappa shape index (κ3) is 9.35. The molecule has 0 saturated carbocycles. The van der Waals surface area contributed by atoms with Gasteiger partial charge < -0.3 is 9.13 Å². The van der Waals surface area contributed by atoms with Crippen LogP contribution in [-0.2, 0) is 0 Å². The molecule has 16 rings (SSSR count). The zero-order chi connectivity index (χ0) is 60.1. The van der Waals surface area contributed by atoms with Gasteiger partial charge in [0.2, 0.25) is 0 Å². The zero-order valence-electron chi connectivity index (χ0n) is 48.6. The fourth-order valence-electron chi connectivity index (χ4n) is 13.0. The van der Waals surface area contributed by atoms with Gasteiger partial charge in [0.15, 0.2) is 17.5 Å². The maximum Gasteiger partial charge on any atom is 0.166 e. The molecule has 0 unspecified atom stereocenters. The highest BCUT2D eigenvalue weighted by atomic mass is 15.1. The zero-order valence-corrected chi connectivity index (χ0v) is 48.6. The first-order valence-corrected chi connectivity index (χ1v) is 30.0. The van der Waals surface area contributed by atoms with Crippen LogP contribution in [-0.4, -0.2) is 24.1 Å². The third-order valence-corrected chi connectivity index (χ3v) is 17.3. The van der Waals surface area contributed by atoms with Crippen molar-refractivity contribution in [2.45, 2.75) is 0 Å². The lowest BCUT2D eigenvalue weighted by Gasteiger charge is -2.18. The number of rotatable bonds is 11. The van der Waals surface area contributed by atoms with E-state index in [1.165, 1.54) is 0 Å². The molecule has 3 aromatic heterocycles. The maximum atomic E-state index is 10.6. The van der Waals surface area contributed by atoms with Crippen LogP contribution >= 0.6 is 0 Å². The summed E-state index contributed by atoms with van der Waals surface area (Å²) in [5, 5.41) is 25.5. The molecule has 0 aliphatic carbocycles. The van der Waals surface area contributed by atoms with Gasteiger partial charge in [0.25, 0.3) is 0 Å². The Balaban J connectivity index is 0.986. The fourth-order valence-corrected chi connectivity index (χ4v) is 13.0. The predicted molar refractivity (Wildman–Crippen MR) is 367 cm³/mol. The Hall–Kier alpha value is -12.6. The normalized spacial score (nSPS) is 11.3. The SMILES string of the molecule is N#Cc1ccccc1-c1ccc(-c2nc(-c3ccccc3)nc(-c3ccc(-c4ccccc4C#N)cc3-n3c4ccc(-c5ccccc5)cc4c4cc(-c5ccccc5)ccc43)n2)c(-n2c3ccc(-c4ccccc4)cc3c3cc(-c4ccccc4)ccc32)c1. The first-order chi connectivity index (χ1) is 44.5. The average molecular weight is 1150 g/mol. The van der Waals surface area contributed by atoms with Crippen molar-refractivity contribution in [3.05, 3.63) is 321 Å². The van der Waals surface area contributed by atoms with Crippen LogP contribution in [0, 0.1) is 22.7 Å². The van der Waals surface area contributed by atoms with Crippen LogP contribution in [0.15, 0.2) is 309 Å². The van der Waals surface area contributed by atoms with E-state index in [9.17, 15) is 10.5 Å². The summed E-state index contributed by atoms with van der Waals surface area (Å²) in [5.41, 5.74) is 21.4. The van der Waals surface area contributed by atoms with Gasteiger partial charge in [0.1, 0.15) is 0 Å². The Bertz CT molecular complexity index is 5030. The molecule has 418 valence electrons. The summed E-state index contributed by atoms with van der Waals surface area (Å²) in [5.74, 6) is 1.41. The van der Waals surface area contributed by atoms with E-state index in [2.05, 4.69) is 228 Å². The van der Waals surface area contributed by atoms with Crippen LogP contribution in [0.25, 0.3) is 156 Å². The summed E-state index contributed by atoms with van der Waals surface area (Å²) >= 11 is 0. The Labute approximate surface area is 520 Å². The molecule has 0 saturated heterocycles. The first-order valence-electron chi connectivity index (χ1n) is 30.0. The molecule has 0 spiro atoms. The van der Waals surface area contributed by atoms with Gasteiger partial charge in [-0.25, -0.2) is 15.0 Å². The van der Waals surface area contributed by atoms with Gasteiger partial charge in [-0.05, 0) is 152 Å². The second-order valence-electron chi connectivity index (χ2n) is 22.5. The molecule has 0 bridgehead atoms. The summed E-state index contributed by atoms with van der Waals surface area (Å²) < 4.78 is 4.68. The Kier molecular flexibility index (Phi) is 13.2. The van der Waals surface area contributed by atoms with Crippen molar-refractivity contribution in [1.82, 2.24) is 24.1 Å². The second kappa shape index (κ2) is 22.4. The number of benzene rings is 13. The van der Waals surface area contributed by atoms with Crippen molar-refractivity contribution in [2.24, 2.45) is 0 Å². The third-order valence-electron chi connectivity index (χ3n) is 17.3. The van der Waals surface area contributed by atoms with Crippen molar-refractivity contribution in [1.29, 1.82) is 10.5 Å².